The highest BCUT2D eigenvalue weighted by molar-refractivity contribution is 5.55. The van der Waals surface area contributed by atoms with E-state index in [1.165, 1.54) is 0 Å². The van der Waals surface area contributed by atoms with Gasteiger partial charge >= 0.3 is 0 Å². The monoisotopic (exact) mass is 251 g/mol. The molecule has 0 aromatic carbocycles. The van der Waals surface area contributed by atoms with Crippen molar-refractivity contribution >= 4 is 11.5 Å². The van der Waals surface area contributed by atoms with Crippen LogP contribution in [0, 0.1) is 0 Å². The van der Waals surface area contributed by atoms with Gasteiger partial charge in [0.25, 0.3) is 0 Å². The summed E-state index contributed by atoms with van der Waals surface area (Å²) in [6.07, 6.45) is 3.30. The number of nitrogens with zero attached hydrogens (tertiary/aromatic N) is 2. The summed E-state index contributed by atoms with van der Waals surface area (Å²) in [5.41, 5.74) is 6.37. The fourth-order valence-corrected chi connectivity index (χ4v) is 2.35. The maximum atomic E-state index is 9.42. The third-order valence-electron chi connectivity index (χ3n) is 3.29. The maximum Gasteiger partial charge on any atom is 0.239 e. The van der Waals surface area contributed by atoms with E-state index in [0.717, 1.165) is 31.6 Å². The molecule has 1 aliphatic rings. The smallest absolute Gasteiger partial charge is 0.239 e. The summed E-state index contributed by atoms with van der Waals surface area (Å²) in [6.45, 7) is 3.54. The van der Waals surface area contributed by atoms with Gasteiger partial charge in [0, 0.05) is 6.54 Å². The second-order valence-electron chi connectivity index (χ2n) is 4.52. The highest BCUT2D eigenvalue weighted by Gasteiger charge is 2.23. The number of piperidine rings is 1. The number of hydrogen-bond acceptors (Lipinski definition) is 5. The molecular formula is C13H21N3O2. The Hall–Kier alpha value is -1.49. The van der Waals surface area contributed by atoms with E-state index in [4.69, 9.17) is 10.5 Å². The molecule has 0 spiro atoms. The number of anilines is 2. The van der Waals surface area contributed by atoms with E-state index in [1.807, 2.05) is 19.1 Å². The quantitative estimate of drug-likeness (QED) is 0.846. The van der Waals surface area contributed by atoms with Crippen molar-refractivity contribution in [3.8, 4) is 5.88 Å². The number of aromatic nitrogens is 1. The van der Waals surface area contributed by atoms with Crippen molar-refractivity contribution < 1.29 is 9.84 Å². The fraction of sp³-hybridized carbons (Fsp3) is 0.615. The van der Waals surface area contributed by atoms with Crippen LogP contribution >= 0.6 is 0 Å². The average molecular weight is 251 g/mol. The molecule has 0 amide bonds. The number of aliphatic hydroxyl groups is 1. The molecular weight excluding hydrogens is 230 g/mol. The van der Waals surface area contributed by atoms with Crippen LogP contribution in [0.15, 0.2) is 12.1 Å². The fourth-order valence-electron chi connectivity index (χ4n) is 2.35. The van der Waals surface area contributed by atoms with E-state index in [2.05, 4.69) is 9.88 Å². The number of ether oxygens (including phenoxy) is 1. The summed E-state index contributed by atoms with van der Waals surface area (Å²) >= 11 is 0. The first kappa shape index (κ1) is 13.0. The molecule has 1 aromatic heterocycles. The van der Waals surface area contributed by atoms with Gasteiger partial charge in [-0.25, -0.2) is 0 Å². The van der Waals surface area contributed by atoms with Gasteiger partial charge in [-0.05, 0) is 38.3 Å². The highest BCUT2D eigenvalue weighted by Crippen LogP contribution is 2.27. The van der Waals surface area contributed by atoms with E-state index in [-0.39, 0.29) is 12.6 Å². The molecule has 0 aliphatic carbocycles. The van der Waals surface area contributed by atoms with E-state index in [0.29, 0.717) is 18.2 Å². The van der Waals surface area contributed by atoms with Crippen molar-refractivity contribution in [2.45, 2.75) is 32.2 Å². The van der Waals surface area contributed by atoms with E-state index >= 15 is 0 Å². The van der Waals surface area contributed by atoms with Crippen molar-refractivity contribution in [2.24, 2.45) is 0 Å². The van der Waals surface area contributed by atoms with Gasteiger partial charge in [0.15, 0.2) is 0 Å². The van der Waals surface area contributed by atoms with Crippen LogP contribution in [0.1, 0.15) is 26.2 Å². The zero-order valence-corrected chi connectivity index (χ0v) is 10.8. The average Bonchev–Trinajstić information content (AvgIpc) is 2.41. The molecule has 3 N–H and O–H groups in total. The molecule has 1 aromatic rings. The number of rotatable bonds is 4. The Balaban J connectivity index is 2.23. The summed E-state index contributed by atoms with van der Waals surface area (Å²) < 4.78 is 5.41. The van der Waals surface area contributed by atoms with Crippen LogP contribution < -0.4 is 15.4 Å². The van der Waals surface area contributed by atoms with Crippen LogP contribution in [0.25, 0.3) is 0 Å². The lowest BCUT2D eigenvalue weighted by Crippen LogP contribution is -2.42. The first-order chi connectivity index (χ1) is 8.76. The summed E-state index contributed by atoms with van der Waals surface area (Å²) in [6, 6.07) is 3.87. The largest absolute Gasteiger partial charge is 0.476 e. The number of pyridine rings is 1. The molecule has 18 heavy (non-hydrogen) atoms. The van der Waals surface area contributed by atoms with Crippen molar-refractivity contribution in [3.63, 3.8) is 0 Å². The molecule has 0 radical (unpaired) electrons. The first-order valence-corrected chi connectivity index (χ1v) is 6.53. The van der Waals surface area contributed by atoms with Crippen molar-refractivity contribution in [1.82, 2.24) is 4.98 Å². The van der Waals surface area contributed by atoms with Gasteiger partial charge in [-0.1, -0.05) is 0 Å². The van der Waals surface area contributed by atoms with Crippen molar-refractivity contribution in [3.05, 3.63) is 12.1 Å². The first-order valence-electron chi connectivity index (χ1n) is 6.53. The number of hydrogen-bond donors (Lipinski definition) is 2. The molecule has 0 bridgehead atoms. The van der Waals surface area contributed by atoms with Crippen LogP contribution in [0.3, 0.4) is 0 Å². The Bertz CT molecular complexity index is 398. The molecule has 100 valence electrons. The lowest BCUT2D eigenvalue weighted by atomic mass is 10.0. The minimum Gasteiger partial charge on any atom is -0.476 e. The van der Waals surface area contributed by atoms with E-state index < -0.39 is 0 Å². The Labute approximate surface area is 108 Å². The highest BCUT2D eigenvalue weighted by atomic mass is 16.5. The predicted octanol–water partition coefficient (Wildman–Crippen LogP) is 1.41. The van der Waals surface area contributed by atoms with E-state index in [9.17, 15) is 5.11 Å². The normalized spacial score (nSPS) is 19.9. The minimum atomic E-state index is 0.157. The Morgan fingerprint density at radius 3 is 3.06 bits per heavy atom. The summed E-state index contributed by atoms with van der Waals surface area (Å²) in [5, 5.41) is 9.42. The Morgan fingerprint density at radius 2 is 2.33 bits per heavy atom. The van der Waals surface area contributed by atoms with Gasteiger partial charge in [0.1, 0.15) is 5.82 Å². The zero-order chi connectivity index (χ0) is 13.0. The van der Waals surface area contributed by atoms with Gasteiger partial charge in [-0.15, -0.1) is 0 Å². The van der Waals surface area contributed by atoms with Gasteiger partial charge in [0.2, 0.25) is 5.88 Å². The Kier molecular flexibility index (Phi) is 4.25. The van der Waals surface area contributed by atoms with Crippen LogP contribution in [-0.2, 0) is 0 Å². The standard InChI is InChI=1S/C13H21N3O2/c1-2-18-13-11(14)6-7-12(15-13)16-8-4-3-5-10(16)9-17/h6-7,10,17H,2-5,8-9,14H2,1H3. The summed E-state index contributed by atoms with van der Waals surface area (Å²) in [5.74, 6) is 1.32. The van der Waals surface area contributed by atoms with Crippen LogP contribution in [-0.4, -0.2) is 35.9 Å². The summed E-state index contributed by atoms with van der Waals surface area (Å²) in [7, 11) is 0. The molecule has 1 atom stereocenters. The third kappa shape index (κ3) is 2.67. The molecule has 2 rings (SSSR count). The molecule has 1 saturated heterocycles. The molecule has 5 nitrogen and oxygen atoms in total. The molecule has 2 heterocycles. The van der Waals surface area contributed by atoms with Gasteiger partial charge in [-0.3, -0.25) is 0 Å². The van der Waals surface area contributed by atoms with Gasteiger partial charge in [-0.2, -0.15) is 4.98 Å². The molecule has 1 aliphatic heterocycles. The molecule has 0 saturated carbocycles. The van der Waals surface area contributed by atoms with Crippen LogP contribution in [0.4, 0.5) is 11.5 Å². The lowest BCUT2D eigenvalue weighted by molar-refractivity contribution is 0.239. The molecule has 5 heteroatoms. The van der Waals surface area contributed by atoms with Gasteiger partial charge < -0.3 is 20.5 Å². The van der Waals surface area contributed by atoms with Gasteiger partial charge in [0.05, 0.1) is 24.9 Å². The number of nitrogen functional groups attached to an aromatic ring is 1. The van der Waals surface area contributed by atoms with Crippen molar-refractivity contribution in [2.75, 3.05) is 30.4 Å². The SMILES string of the molecule is CCOc1nc(N2CCCCC2CO)ccc1N. The van der Waals surface area contributed by atoms with Crippen LogP contribution in [0.2, 0.25) is 0 Å². The van der Waals surface area contributed by atoms with E-state index in [1.54, 1.807) is 0 Å². The zero-order valence-electron chi connectivity index (χ0n) is 10.8. The number of nitrogens with two attached hydrogens (primary N) is 1. The predicted molar refractivity (Wildman–Crippen MR) is 71.9 cm³/mol. The van der Waals surface area contributed by atoms with Crippen LogP contribution in [0.5, 0.6) is 5.88 Å². The molecule has 1 fully saturated rings. The Morgan fingerprint density at radius 1 is 1.50 bits per heavy atom. The second kappa shape index (κ2) is 5.91. The summed E-state index contributed by atoms with van der Waals surface area (Å²) in [4.78, 5) is 6.60. The van der Waals surface area contributed by atoms with Crippen molar-refractivity contribution in [1.29, 1.82) is 0 Å². The topological polar surface area (TPSA) is 71.6 Å². The number of aliphatic hydroxyl groups excluding tert-OH is 1. The maximum absolute atomic E-state index is 9.42. The second-order valence-corrected chi connectivity index (χ2v) is 4.52. The molecule has 1 unspecified atom stereocenters. The third-order valence-corrected chi connectivity index (χ3v) is 3.29. The minimum absolute atomic E-state index is 0.157. The lowest BCUT2D eigenvalue weighted by Gasteiger charge is -2.35.